The molecule has 1 heteroatoms. The van der Waals surface area contributed by atoms with E-state index in [-0.39, 0.29) is 0 Å². The summed E-state index contributed by atoms with van der Waals surface area (Å²) in [5, 5.41) is 0. The van der Waals surface area contributed by atoms with Crippen molar-refractivity contribution in [1.82, 2.24) is 0 Å². The van der Waals surface area contributed by atoms with Gasteiger partial charge >= 0.3 is 0 Å². The van der Waals surface area contributed by atoms with E-state index in [1.807, 2.05) is 0 Å². The van der Waals surface area contributed by atoms with Crippen LogP contribution in [-0.2, 0) is 0 Å². The molecule has 7 saturated carbocycles. The molecule has 0 spiro atoms. The first-order valence-corrected chi connectivity index (χ1v) is 9.51. The van der Waals surface area contributed by atoms with Gasteiger partial charge in [-0.05, 0) is 109 Å². The van der Waals surface area contributed by atoms with Crippen LogP contribution in [0.2, 0.25) is 0 Å². The molecule has 1 nitrogen and oxygen atoms in total. The third-order valence-corrected chi connectivity index (χ3v) is 10.2. The average Bonchev–Trinajstić information content (AvgIpc) is 2.70. The fraction of sp³-hybridized carbons (Fsp3) is 1.00. The molecule has 20 heavy (non-hydrogen) atoms. The lowest BCUT2D eigenvalue weighted by molar-refractivity contribution is -0.435. The molecule has 0 aliphatic heterocycles. The number of nitrogens with two attached hydrogens (primary N) is 1. The summed E-state index contributed by atoms with van der Waals surface area (Å²) in [7, 11) is 0. The van der Waals surface area contributed by atoms with E-state index in [2.05, 4.69) is 6.92 Å². The minimum absolute atomic E-state index is 0.942. The van der Waals surface area contributed by atoms with E-state index in [4.69, 9.17) is 5.73 Å². The minimum atomic E-state index is 0.942. The van der Waals surface area contributed by atoms with Crippen LogP contribution in [0.1, 0.15) is 26.2 Å². The molecule has 0 saturated heterocycles. The summed E-state index contributed by atoms with van der Waals surface area (Å²) in [4.78, 5) is 0. The summed E-state index contributed by atoms with van der Waals surface area (Å²) in [6.45, 7) is 3.51. The molecule has 0 amide bonds. The van der Waals surface area contributed by atoms with Gasteiger partial charge in [0.25, 0.3) is 0 Å². The van der Waals surface area contributed by atoms with E-state index in [9.17, 15) is 0 Å². The lowest BCUT2D eigenvalue weighted by atomic mass is 9.14. The second-order valence-corrected chi connectivity index (χ2v) is 10.00. The van der Waals surface area contributed by atoms with Crippen LogP contribution >= 0.6 is 0 Å². The van der Waals surface area contributed by atoms with Crippen molar-refractivity contribution in [2.75, 3.05) is 6.54 Å². The highest BCUT2D eigenvalue weighted by Gasteiger charge is 2.86. The van der Waals surface area contributed by atoms with E-state index in [0.717, 1.165) is 30.2 Å². The monoisotopic (exact) mass is 269 g/mol. The first-order valence-electron chi connectivity index (χ1n) is 9.51. The quantitative estimate of drug-likeness (QED) is 0.728. The summed E-state index contributed by atoms with van der Waals surface area (Å²) in [5.41, 5.74) is 5.97. The van der Waals surface area contributed by atoms with Crippen LogP contribution in [0.4, 0.5) is 0 Å². The van der Waals surface area contributed by atoms with Crippen molar-refractivity contribution in [1.29, 1.82) is 0 Å². The predicted octanol–water partition coefficient (Wildman–Crippen LogP) is 2.86. The van der Waals surface area contributed by atoms with Crippen molar-refractivity contribution in [2.45, 2.75) is 26.2 Å². The number of hydrogen-bond donors (Lipinski definition) is 1. The molecule has 0 aromatic carbocycles. The Kier molecular flexibility index (Phi) is 1.54. The second-order valence-electron chi connectivity index (χ2n) is 10.00. The number of rotatable bonds is 1. The SMILES string of the molecule is CC1CC2C(C1)C1C2C2C1C1C3C4C(CN)CC4C3C21. The summed E-state index contributed by atoms with van der Waals surface area (Å²) in [6, 6.07) is 0. The van der Waals surface area contributed by atoms with Crippen LogP contribution in [0.25, 0.3) is 0 Å². The van der Waals surface area contributed by atoms with Crippen LogP contribution in [0.15, 0.2) is 0 Å². The molecule has 14 atom stereocenters. The van der Waals surface area contributed by atoms with Crippen LogP contribution in [0.3, 0.4) is 0 Å². The Morgan fingerprint density at radius 1 is 0.650 bits per heavy atom. The van der Waals surface area contributed by atoms with Crippen LogP contribution in [-0.4, -0.2) is 6.54 Å². The second kappa shape index (κ2) is 2.90. The molecule has 0 aromatic heterocycles. The smallest absolute Gasteiger partial charge is 0.00459 e. The zero-order valence-electron chi connectivity index (χ0n) is 12.5. The van der Waals surface area contributed by atoms with Crippen molar-refractivity contribution < 1.29 is 0 Å². The maximum Gasteiger partial charge on any atom is -0.00459 e. The maximum absolute atomic E-state index is 5.97. The molecule has 108 valence electrons. The molecular formula is C19H27N. The van der Waals surface area contributed by atoms with Crippen LogP contribution in [0, 0.1) is 82.9 Å². The lowest BCUT2D eigenvalue weighted by Gasteiger charge is -2.90. The molecule has 14 unspecified atom stereocenters. The summed E-state index contributed by atoms with van der Waals surface area (Å²) in [6.07, 6.45) is 4.71. The van der Waals surface area contributed by atoms with E-state index in [0.29, 0.717) is 0 Å². The molecule has 0 radical (unpaired) electrons. The van der Waals surface area contributed by atoms with Gasteiger partial charge in [-0.25, -0.2) is 0 Å². The van der Waals surface area contributed by atoms with E-state index in [1.54, 1.807) is 12.8 Å². The van der Waals surface area contributed by atoms with Gasteiger partial charge in [0.2, 0.25) is 0 Å². The Bertz CT molecular complexity index is 510. The fourth-order valence-electron chi connectivity index (χ4n) is 9.95. The van der Waals surface area contributed by atoms with E-state index >= 15 is 0 Å². The third kappa shape index (κ3) is 0.769. The molecule has 7 fully saturated rings. The lowest BCUT2D eigenvalue weighted by Crippen LogP contribution is -2.87. The zero-order chi connectivity index (χ0) is 12.9. The highest BCUT2D eigenvalue weighted by Crippen LogP contribution is 2.90. The first-order chi connectivity index (χ1) is 9.81. The van der Waals surface area contributed by atoms with Crippen molar-refractivity contribution >= 4 is 0 Å². The Morgan fingerprint density at radius 2 is 1.15 bits per heavy atom. The van der Waals surface area contributed by atoms with E-state index in [1.165, 1.54) is 65.6 Å². The minimum Gasteiger partial charge on any atom is -0.330 e. The van der Waals surface area contributed by atoms with Crippen LogP contribution in [0.5, 0.6) is 0 Å². The maximum atomic E-state index is 5.97. The van der Waals surface area contributed by atoms with Gasteiger partial charge in [-0.2, -0.15) is 0 Å². The topological polar surface area (TPSA) is 26.0 Å². The molecule has 7 rings (SSSR count). The van der Waals surface area contributed by atoms with Gasteiger partial charge in [0, 0.05) is 0 Å². The van der Waals surface area contributed by atoms with E-state index < -0.39 is 0 Å². The van der Waals surface area contributed by atoms with Gasteiger partial charge in [-0.1, -0.05) is 6.92 Å². The van der Waals surface area contributed by atoms with Gasteiger partial charge in [0.15, 0.2) is 0 Å². The zero-order valence-corrected chi connectivity index (χ0v) is 12.5. The molecule has 7 aliphatic carbocycles. The molecular weight excluding hydrogens is 242 g/mol. The van der Waals surface area contributed by atoms with Gasteiger partial charge in [0.1, 0.15) is 0 Å². The van der Waals surface area contributed by atoms with Crippen molar-refractivity contribution in [3.63, 3.8) is 0 Å². The van der Waals surface area contributed by atoms with Crippen molar-refractivity contribution in [3.05, 3.63) is 0 Å². The summed E-state index contributed by atoms with van der Waals surface area (Å²) >= 11 is 0. The Labute approximate surface area is 122 Å². The van der Waals surface area contributed by atoms with Gasteiger partial charge < -0.3 is 5.73 Å². The van der Waals surface area contributed by atoms with Crippen molar-refractivity contribution in [3.8, 4) is 0 Å². The standard InChI is InChI=1S/C19H27N/c1-6-2-8-9(3-6)13-12(8)16-17(13)19-15-11-7(5-20)4-10(11)14(15)18(16)19/h6-19H,2-5,20H2,1H3. The molecule has 0 heterocycles. The average molecular weight is 269 g/mol. The van der Waals surface area contributed by atoms with Gasteiger partial charge in [-0.3, -0.25) is 0 Å². The van der Waals surface area contributed by atoms with Crippen LogP contribution < -0.4 is 5.73 Å². The summed E-state index contributed by atoms with van der Waals surface area (Å²) in [5.74, 6) is 16.5. The highest BCUT2D eigenvalue weighted by molar-refractivity contribution is 5.33. The number of hydrogen-bond acceptors (Lipinski definition) is 1. The van der Waals surface area contributed by atoms with Gasteiger partial charge in [-0.15, -0.1) is 0 Å². The molecule has 2 N–H and O–H groups in total. The molecule has 7 aliphatic rings. The Hall–Kier alpha value is -0.0400. The Balaban J connectivity index is 1.17. The molecule has 0 aromatic rings. The molecule has 0 bridgehead atoms. The predicted molar refractivity (Wildman–Crippen MR) is 77.4 cm³/mol. The normalized spacial score (nSPS) is 80.1. The number of fused-ring (bicyclic) bond motifs is 16. The first kappa shape index (κ1) is 10.6. The van der Waals surface area contributed by atoms with Crippen molar-refractivity contribution in [2.24, 2.45) is 88.6 Å². The summed E-state index contributed by atoms with van der Waals surface area (Å²) < 4.78 is 0. The Morgan fingerprint density at radius 3 is 1.75 bits per heavy atom. The highest BCUT2D eigenvalue weighted by atomic mass is 14.9. The largest absolute Gasteiger partial charge is 0.330 e. The fourth-order valence-corrected chi connectivity index (χ4v) is 9.95. The third-order valence-electron chi connectivity index (χ3n) is 10.2. The van der Waals surface area contributed by atoms with Gasteiger partial charge in [0.05, 0.1) is 0 Å².